The number of carbonyl (C=O) groups excluding carboxylic acids is 1. The van der Waals surface area contributed by atoms with Gasteiger partial charge in [0.1, 0.15) is 0 Å². The van der Waals surface area contributed by atoms with Crippen molar-refractivity contribution in [3.63, 3.8) is 0 Å². The van der Waals surface area contributed by atoms with Crippen LogP contribution in [0.15, 0.2) is 0 Å². The third-order valence-corrected chi connectivity index (χ3v) is 4.37. The average molecular weight is 299 g/mol. The highest BCUT2D eigenvalue weighted by atomic mass is 16.5. The second kappa shape index (κ2) is 10.1. The highest BCUT2D eigenvalue weighted by Gasteiger charge is 2.34. The monoisotopic (exact) mass is 299 g/mol. The molecular weight excluding hydrogens is 266 g/mol. The molecule has 0 unspecified atom stereocenters. The molecule has 0 aliphatic carbocycles. The maximum absolute atomic E-state index is 12.5. The van der Waals surface area contributed by atoms with E-state index in [1.54, 1.807) is 0 Å². The van der Waals surface area contributed by atoms with Crippen LogP contribution in [0.3, 0.4) is 0 Å². The van der Waals surface area contributed by atoms with Gasteiger partial charge in [0.15, 0.2) is 0 Å². The summed E-state index contributed by atoms with van der Waals surface area (Å²) in [6.07, 6.45) is 4.75. The van der Waals surface area contributed by atoms with E-state index < -0.39 is 0 Å². The third kappa shape index (κ3) is 5.93. The summed E-state index contributed by atoms with van der Waals surface area (Å²) in [5.74, 6) is 0.149. The second-order valence-electron chi connectivity index (χ2n) is 6.05. The predicted octanol–water partition coefficient (Wildman–Crippen LogP) is 1.37. The summed E-state index contributed by atoms with van der Waals surface area (Å²) in [5, 5.41) is 3.11. The third-order valence-electron chi connectivity index (χ3n) is 4.37. The zero-order chi connectivity index (χ0) is 15.6. The topological polar surface area (TPSA) is 67.6 Å². The molecule has 0 atom stereocenters. The Bertz CT molecular complexity index is 285. The molecule has 0 radical (unpaired) electrons. The molecule has 1 heterocycles. The number of ether oxygens (including phenoxy) is 1. The zero-order valence-electron chi connectivity index (χ0n) is 13.8. The minimum Gasteiger partial charge on any atom is -0.379 e. The highest BCUT2D eigenvalue weighted by Crippen LogP contribution is 2.28. The van der Waals surface area contributed by atoms with Crippen LogP contribution in [0.4, 0.5) is 0 Å². The summed E-state index contributed by atoms with van der Waals surface area (Å²) in [6.45, 7) is 10.1. The lowest BCUT2D eigenvalue weighted by Crippen LogP contribution is -2.46. The highest BCUT2D eigenvalue weighted by molar-refractivity contribution is 5.82. The number of morpholine rings is 1. The lowest BCUT2D eigenvalue weighted by molar-refractivity contribution is -0.131. The van der Waals surface area contributed by atoms with Gasteiger partial charge in [0.25, 0.3) is 0 Å². The van der Waals surface area contributed by atoms with Crippen LogP contribution in [-0.2, 0) is 9.53 Å². The van der Waals surface area contributed by atoms with Gasteiger partial charge < -0.3 is 15.8 Å². The van der Waals surface area contributed by atoms with E-state index in [9.17, 15) is 4.79 Å². The summed E-state index contributed by atoms with van der Waals surface area (Å²) < 4.78 is 5.33. The van der Waals surface area contributed by atoms with Crippen LogP contribution < -0.4 is 11.1 Å². The fraction of sp³-hybridized carbons (Fsp3) is 0.938. The van der Waals surface area contributed by atoms with Crippen LogP contribution in [0.25, 0.3) is 0 Å². The van der Waals surface area contributed by atoms with Crippen LogP contribution in [0.5, 0.6) is 0 Å². The first-order chi connectivity index (χ1) is 10.2. The molecule has 0 spiro atoms. The molecule has 124 valence electrons. The molecule has 1 aliphatic rings. The van der Waals surface area contributed by atoms with Crippen molar-refractivity contribution >= 4 is 5.91 Å². The quantitative estimate of drug-likeness (QED) is 0.598. The standard InChI is InChI=1S/C16H33N3O2/c1-3-6-16(14-17,7-4-2)15(20)18-8-5-9-19-10-12-21-13-11-19/h3-14,17H2,1-2H3,(H,18,20). The van der Waals surface area contributed by atoms with E-state index in [4.69, 9.17) is 10.5 Å². The summed E-state index contributed by atoms with van der Waals surface area (Å²) in [5.41, 5.74) is 5.56. The molecule has 0 bridgehead atoms. The minimum absolute atomic E-state index is 0.149. The van der Waals surface area contributed by atoms with Crippen molar-refractivity contribution in [2.45, 2.75) is 46.0 Å². The first kappa shape index (κ1) is 18.4. The molecule has 1 saturated heterocycles. The number of hydrogen-bond donors (Lipinski definition) is 2. The van der Waals surface area contributed by atoms with Crippen LogP contribution in [0.1, 0.15) is 46.0 Å². The van der Waals surface area contributed by atoms with E-state index in [1.165, 1.54) is 0 Å². The fourth-order valence-electron chi connectivity index (χ4n) is 3.12. The number of nitrogens with one attached hydrogen (secondary N) is 1. The number of nitrogens with two attached hydrogens (primary N) is 1. The fourth-order valence-corrected chi connectivity index (χ4v) is 3.12. The summed E-state index contributed by atoms with van der Waals surface area (Å²) in [7, 11) is 0. The smallest absolute Gasteiger partial charge is 0.227 e. The lowest BCUT2D eigenvalue weighted by atomic mass is 9.78. The van der Waals surface area contributed by atoms with E-state index in [2.05, 4.69) is 24.1 Å². The maximum Gasteiger partial charge on any atom is 0.227 e. The Morgan fingerprint density at radius 2 is 1.86 bits per heavy atom. The normalized spacial score (nSPS) is 16.9. The Hall–Kier alpha value is -0.650. The van der Waals surface area contributed by atoms with Crippen molar-refractivity contribution in [1.82, 2.24) is 10.2 Å². The van der Waals surface area contributed by atoms with Crippen molar-refractivity contribution in [3.8, 4) is 0 Å². The molecule has 0 saturated carbocycles. The van der Waals surface area contributed by atoms with Crippen LogP contribution >= 0.6 is 0 Å². The van der Waals surface area contributed by atoms with Gasteiger partial charge in [-0.05, 0) is 25.8 Å². The summed E-state index contributed by atoms with van der Waals surface area (Å²) in [4.78, 5) is 14.9. The maximum atomic E-state index is 12.5. The van der Waals surface area contributed by atoms with Crippen LogP contribution in [0, 0.1) is 5.41 Å². The molecule has 1 amide bonds. The van der Waals surface area contributed by atoms with E-state index in [0.29, 0.717) is 6.54 Å². The average Bonchev–Trinajstić information content (AvgIpc) is 2.52. The van der Waals surface area contributed by atoms with Crippen molar-refractivity contribution in [1.29, 1.82) is 0 Å². The summed E-state index contributed by atoms with van der Waals surface area (Å²) in [6, 6.07) is 0. The Kier molecular flexibility index (Phi) is 8.88. The molecule has 3 N–H and O–H groups in total. The Labute approximate surface area is 129 Å². The van der Waals surface area contributed by atoms with Crippen molar-refractivity contribution < 1.29 is 9.53 Å². The molecule has 0 aromatic heterocycles. The van der Waals surface area contributed by atoms with E-state index >= 15 is 0 Å². The SMILES string of the molecule is CCCC(CN)(CCC)C(=O)NCCCN1CCOCC1. The van der Waals surface area contributed by atoms with Gasteiger partial charge in [0.2, 0.25) is 5.91 Å². The zero-order valence-corrected chi connectivity index (χ0v) is 13.8. The van der Waals surface area contributed by atoms with Gasteiger partial charge in [-0.2, -0.15) is 0 Å². The molecule has 0 aromatic rings. The van der Waals surface area contributed by atoms with Crippen molar-refractivity contribution in [3.05, 3.63) is 0 Å². The Balaban J connectivity index is 2.31. The summed E-state index contributed by atoms with van der Waals surface area (Å²) >= 11 is 0. The van der Waals surface area contributed by atoms with Gasteiger partial charge in [-0.3, -0.25) is 9.69 Å². The van der Waals surface area contributed by atoms with Crippen LogP contribution in [-0.4, -0.2) is 56.7 Å². The van der Waals surface area contributed by atoms with Gasteiger partial charge in [0, 0.05) is 26.2 Å². The van der Waals surface area contributed by atoms with E-state index in [-0.39, 0.29) is 11.3 Å². The number of hydrogen-bond acceptors (Lipinski definition) is 4. The molecule has 1 aliphatic heterocycles. The van der Waals surface area contributed by atoms with E-state index in [1.807, 2.05) is 0 Å². The molecule has 5 nitrogen and oxygen atoms in total. The van der Waals surface area contributed by atoms with Gasteiger partial charge in [0.05, 0.1) is 18.6 Å². The molecular formula is C16H33N3O2. The number of rotatable bonds is 10. The predicted molar refractivity (Wildman–Crippen MR) is 86.2 cm³/mol. The van der Waals surface area contributed by atoms with Crippen molar-refractivity contribution in [2.75, 3.05) is 45.9 Å². The number of amides is 1. The number of carbonyl (C=O) groups is 1. The number of nitrogens with zero attached hydrogens (tertiary/aromatic N) is 1. The largest absolute Gasteiger partial charge is 0.379 e. The van der Waals surface area contributed by atoms with E-state index in [0.717, 1.165) is 71.5 Å². The Morgan fingerprint density at radius 3 is 2.38 bits per heavy atom. The Morgan fingerprint density at radius 1 is 1.24 bits per heavy atom. The lowest BCUT2D eigenvalue weighted by Gasteiger charge is -2.31. The van der Waals surface area contributed by atoms with Gasteiger partial charge in [-0.25, -0.2) is 0 Å². The molecule has 1 fully saturated rings. The second-order valence-corrected chi connectivity index (χ2v) is 6.05. The molecule has 1 rings (SSSR count). The first-order valence-corrected chi connectivity index (χ1v) is 8.47. The van der Waals surface area contributed by atoms with Gasteiger partial charge >= 0.3 is 0 Å². The molecule has 5 heteroatoms. The first-order valence-electron chi connectivity index (χ1n) is 8.47. The van der Waals surface area contributed by atoms with Gasteiger partial charge in [-0.1, -0.05) is 26.7 Å². The molecule has 0 aromatic carbocycles. The van der Waals surface area contributed by atoms with Crippen LogP contribution in [0.2, 0.25) is 0 Å². The van der Waals surface area contributed by atoms with Crippen molar-refractivity contribution in [2.24, 2.45) is 11.1 Å². The molecule has 21 heavy (non-hydrogen) atoms. The minimum atomic E-state index is -0.359. The van der Waals surface area contributed by atoms with Gasteiger partial charge in [-0.15, -0.1) is 0 Å².